The van der Waals surface area contributed by atoms with Gasteiger partial charge in [0.25, 0.3) is 0 Å². The zero-order valence-corrected chi connectivity index (χ0v) is 16.1. The van der Waals surface area contributed by atoms with Crippen LogP contribution in [0.4, 0.5) is 11.4 Å². The summed E-state index contributed by atoms with van der Waals surface area (Å²) in [7, 11) is 2.08. The Labute approximate surface area is 165 Å². The van der Waals surface area contributed by atoms with Crippen molar-refractivity contribution in [2.75, 3.05) is 25.1 Å². The Balaban J connectivity index is 1.40. The van der Waals surface area contributed by atoms with Gasteiger partial charge in [-0.2, -0.15) is 5.10 Å². The van der Waals surface area contributed by atoms with E-state index in [9.17, 15) is 5.11 Å². The van der Waals surface area contributed by atoms with E-state index < -0.39 is 6.10 Å². The maximum Gasteiger partial charge on any atom is 0.121 e. The standard InChI is InChI=1S/C22H26N4O2/c1-24(18-5-3-2-4-6-18)19-9-7-17(8-10-19)14-25-11-12-26-20(15-25)13-21(23-26)22(28)16-27/h2-10,13,22,27-28H,11-12,14-16H2,1H3/t22-/m1/s1. The van der Waals surface area contributed by atoms with E-state index >= 15 is 0 Å². The zero-order chi connectivity index (χ0) is 19.5. The molecule has 2 aromatic carbocycles. The number of anilines is 2. The van der Waals surface area contributed by atoms with Crippen molar-refractivity contribution in [3.63, 3.8) is 0 Å². The van der Waals surface area contributed by atoms with Crippen LogP contribution in [0.2, 0.25) is 0 Å². The first kappa shape index (κ1) is 18.7. The van der Waals surface area contributed by atoms with Crippen molar-refractivity contribution in [1.82, 2.24) is 14.7 Å². The summed E-state index contributed by atoms with van der Waals surface area (Å²) in [5.74, 6) is 0. The number of rotatable bonds is 6. The van der Waals surface area contributed by atoms with Gasteiger partial charge in [0.2, 0.25) is 0 Å². The van der Waals surface area contributed by atoms with E-state index in [0.29, 0.717) is 5.69 Å². The first-order valence-corrected chi connectivity index (χ1v) is 9.59. The van der Waals surface area contributed by atoms with Gasteiger partial charge in [0, 0.05) is 38.1 Å². The summed E-state index contributed by atoms with van der Waals surface area (Å²) in [6, 6.07) is 20.9. The number of nitrogens with zero attached hydrogens (tertiary/aromatic N) is 4. The van der Waals surface area contributed by atoms with E-state index in [2.05, 4.69) is 58.3 Å². The summed E-state index contributed by atoms with van der Waals surface area (Å²) < 4.78 is 1.93. The van der Waals surface area contributed by atoms with Crippen LogP contribution in [0.1, 0.15) is 23.1 Å². The molecule has 0 saturated heterocycles. The van der Waals surface area contributed by atoms with Gasteiger partial charge in [0.05, 0.1) is 24.5 Å². The number of benzene rings is 2. The van der Waals surface area contributed by atoms with E-state index in [-0.39, 0.29) is 6.61 Å². The van der Waals surface area contributed by atoms with Crippen molar-refractivity contribution in [2.45, 2.75) is 25.7 Å². The summed E-state index contributed by atoms with van der Waals surface area (Å²) in [4.78, 5) is 4.55. The summed E-state index contributed by atoms with van der Waals surface area (Å²) in [5.41, 5.74) is 5.23. The average molecular weight is 378 g/mol. The first-order valence-electron chi connectivity index (χ1n) is 9.59. The summed E-state index contributed by atoms with van der Waals surface area (Å²) in [6.07, 6.45) is -0.902. The van der Waals surface area contributed by atoms with E-state index in [4.69, 9.17) is 5.11 Å². The van der Waals surface area contributed by atoms with Crippen LogP contribution in [-0.4, -0.2) is 45.1 Å². The Morgan fingerprint density at radius 1 is 1.04 bits per heavy atom. The maximum atomic E-state index is 9.79. The van der Waals surface area contributed by atoms with Gasteiger partial charge >= 0.3 is 0 Å². The molecular weight excluding hydrogens is 352 g/mol. The fourth-order valence-corrected chi connectivity index (χ4v) is 3.62. The van der Waals surface area contributed by atoms with Crippen molar-refractivity contribution >= 4 is 11.4 Å². The number of hydrogen-bond donors (Lipinski definition) is 2. The molecule has 146 valence electrons. The molecule has 0 fully saturated rings. The molecule has 1 aliphatic heterocycles. The number of fused-ring (bicyclic) bond motifs is 1. The van der Waals surface area contributed by atoms with Crippen LogP contribution in [0.3, 0.4) is 0 Å². The Hall–Kier alpha value is -2.67. The van der Waals surface area contributed by atoms with Gasteiger partial charge in [-0.05, 0) is 35.9 Å². The Kier molecular flexibility index (Phi) is 5.43. The molecule has 1 aromatic heterocycles. The van der Waals surface area contributed by atoms with Crippen LogP contribution in [0.5, 0.6) is 0 Å². The second-order valence-corrected chi connectivity index (χ2v) is 7.25. The van der Waals surface area contributed by atoms with Gasteiger partial charge in [0.15, 0.2) is 0 Å². The van der Waals surface area contributed by atoms with Crippen molar-refractivity contribution in [3.8, 4) is 0 Å². The normalized spacial score (nSPS) is 15.2. The average Bonchev–Trinajstić information content (AvgIpc) is 3.17. The lowest BCUT2D eigenvalue weighted by Crippen LogP contribution is -2.33. The molecule has 6 nitrogen and oxygen atoms in total. The van der Waals surface area contributed by atoms with Gasteiger partial charge in [-0.3, -0.25) is 9.58 Å². The molecule has 6 heteroatoms. The van der Waals surface area contributed by atoms with Gasteiger partial charge in [-0.25, -0.2) is 0 Å². The molecular formula is C22H26N4O2. The minimum atomic E-state index is -0.902. The van der Waals surface area contributed by atoms with Crippen molar-refractivity contribution in [3.05, 3.63) is 77.6 Å². The predicted molar refractivity (Wildman–Crippen MR) is 109 cm³/mol. The smallest absolute Gasteiger partial charge is 0.121 e. The fraction of sp³-hybridized carbons (Fsp3) is 0.318. The largest absolute Gasteiger partial charge is 0.393 e. The highest BCUT2D eigenvalue weighted by Gasteiger charge is 2.21. The van der Waals surface area contributed by atoms with Crippen LogP contribution >= 0.6 is 0 Å². The highest BCUT2D eigenvalue weighted by molar-refractivity contribution is 5.62. The molecule has 0 spiro atoms. The molecule has 0 unspecified atom stereocenters. The van der Waals surface area contributed by atoms with Gasteiger partial charge in [-0.1, -0.05) is 30.3 Å². The highest BCUT2D eigenvalue weighted by atomic mass is 16.3. The van der Waals surface area contributed by atoms with E-state index in [0.717, 1.165) is 37.6 Å². The number of hydrogen-bond acceptors (Lipinski definition) is 5. The minimum absolute atomic E-state index is 0.302. The van der Waals surface area contributed by atoms with Gasteiger partial charge in [0.1, 0.15) is 6.10 Å². The third kappa shape index (κ3) is 3.94. The third-order valence-corrected chi connectivity index (χ3v) is 5.28. The zero-order valence-electron chi connectivity index (χ0n) is 16.1. The molecule has 3 aromatic rings. The second kappa shape index (κ2) is 8.14. The molecule has 0 bridgehead atoms. The molecule has 1 aliphatic rings. The molecule has 28 heavy (non-hydrogen) atoms. The number of aliphatic hydroxyl groups is 2. The minimum Gasteiger partial charge on any atom is -0.393 e. The molecule has 0 radical (unpaired) electrons. The molecule has 2 N–H and O–H groups in total. The number of aromatic nitrogens is 2. The topological polar surface area (TPSA) is 64.8 Å². The number of aliphatic hydroxyl groups excluding tert-OH is 2. The summed E-state index contributed by atoms with van der Waals surface area (Å²) in [6.45, 7) is 3.07. The summed E-state index contributed by atoms with van der Waals surface area (Å²) in [5, 5.41) is 23.3. The monoisotopic (exact) mass is 378 g/mol. The number of para-hydroxylation sites is 1. The Morgan fingerprint density at radius 3 is 2.46 bits per heavy atom. The third-order valence-electron chi connectivity index (χ3n) is 5.28. The Bertz CT molecular complexity index is 908. The van der Waals surface area contributed by atoms with Crippen LogP contribution in [-0.2, 0) is 19.6 Å². The molecule has 1 atom stereocenters. The van der Waals surface area contributed by atoms with Gasteiger partial charge < -0.3 is 15.1 Å². The van der Waals surface area contributed by atoms with E-state index in [1.165, 1.54) is 11.3 Å². The van der Waals surface area contributed by atoms with E-state index in [1.54, 1.807) is 0 Å². The lowest BCUT2D eigenvalue weighted by Gasteiger charge is -2.27. The molecule has 4 rings (SSSR count). The second-order valence-electron chi connectivity index (χ2n) is 7.25. The highest BCUT2D eigenvalue weighted by Crippen LogP contribution is 2.24. The van der Waals surface area contributed by atoms with Crippen LogP contribution < -0.4 is 4.90 Å². The molecule has 0 saturated carbocycles. The van der Waals surface area contributed by atoms with Crippen LogP contribution in [0.25, 0.3) is 0 Å². The van der Waals surface area contributed by atoms with E-state index in [1.807, 2.05) is 28.9 Å². The molecule has 2 heterocycles. The van der Waals surface area contributed by atoms with Crippen LogP contribution in [0.15, 0.2) is 60.7 Å². The van der Waals surface area contributed by atoms with Crippen LogP contribution in [0, 0.1) is 0 Å². The van der Waals surface area contributed by atoms with Gasteiger partial charge in [-0.15, -0.1) is 0 Å². The fourth-order valence-electron chi connectivity index (χ4n) is 3.62. The summed E-state index contributed by atoms with van der Waals surface area (Å²) >= 11 is 0. The quantitative estimate of drug-likeness (QED) is 0.690. The first-order chi connectivity index (χ1) is 13.6. The van der Waals surface area contributed by atoms with Crippen molar-refractivity contribution in [2.24, 2.45) is 0 Å². The molecule has 0 amide bonds. The Morgan fingerprint density at radius 2 is 1.75 bits per heavy atom. The maximum absolute atomic E-state index is 9.79. The SMILES string of the molecule is CN(c1ccccc1)c1ccc(CN2CCn3nc([C@H](O)CO)cc3C2)cc1. The lowest BCUT2D eigenvalue weighted by atomic mass is 10.1. The van der Waals surface area contributed by atoms with Crippen molar-refractivity contribution in [1.29, 1.82) is 0 Å². The van der Waals surface area contributed by atoms with Crippen molar-refractivity contribution < 1.29 is 10.2 Å². The molecule has 0 aliphatic carbocycles. The lowest BCUT2D eigenvalue weighted by molar-refractivity contribution is 0.0915. The predicted octanol–water partition coefficient (Wildman–Crippen LogP) is 2.69.